The lowest BCUT2D eigenvalue weighted by molar-refractivity contribution is -0.137. The zero-order chi connectivity index (χ0) is 15.2. The van der Waals surface area contributed by atoms with Crippen molar-refractivity contribution in [2.24, 2.45) is 23.2 Å². The van der Waals surface area contributed by atoms with Gasteiger partial charge in [0.2, 0.25) is 11.8 Å². The summed E-state index contributed by atoms with van der Waals surface area (Å²) in [4.78, 5) is 25.1. The van der Waals surface area contributed by atoms with Gasteiger partial charge in [-0.15, -0.1) is 0 Å². The quantitative estimate of drug-likeness (QED) is 0.823. The van der Waals surface area contributed by atoms with Crippen molar-refractivity contribution in [1.29, 1.82) is 0 Å². The molecule has 4 fully saturated rings. The second-order valence-electron chi connectivity index (χ2n) is 8.26. The van der Waals surface area contributed by atoms with Gasteiger partial charge in [0.1, 0.15) is 6.04 Å². The van der Waals surface area contributed by atoms with Crippen molar-refractivity contribution in [3.8, 4) is 0 Å². The number of fused-ring (bicyclic) bond motifs is 2. The summed E-state index contributed by atoms with van der Waals surface area (Å²) >= 11 is 0. The summed E-state index contributed by atoms with van der Waals surface area (Å²) in [7, 11) is 0. The molecule has 4 aliphatic rings. The Labute approximate surface area is 132 Å². The highest BCUT2D eigenvalue weighted by Gasteiger charge is 2.55. The van der Waals surface area contributed by atoms with E-state index < -0.39 is 0 Å². The van der Waals surface area contributed by atoms with Gasteiger partial charge >= 0.3 is 0 Å². The van der Waals surface area contributed by atoms with Crippen molar-refractivity contribution >= 4 is 11.8 Å². The molecular formula is C18H28N2O2. The number of nitrogens with one attached hydrogen (secondary N) is 2. The second-order valence-corrected chi connectivity index (χ2v) is 8.26. The molecule has 3 bridgehead atoms. The molecule has 0 spiro atoms. The summed E-state index contributed by atoms with van der Waals surface area (Å²) in [5, 5.41) is 6.07. The zero-order valence-corrected chi connectivity index (χ0v) is 13.4. The van der Waals surface area contributed by atoms with E-state index in [0.29, 0.717) is 0 Å². The molecule has 0 radical (unpaired) electrons. The average Bonchev–Trinajstić information content (AvgIpc) is 2.62. The Bertz CT molecular complexity index is 474. The largest absolute Gasteiger partial charge is 0.354 e. The normalized spacial score (nSPS) is 44.1. The van der Waals surface area contributed by atoms with E-state index in [1.54, 1.807) is 0 Å². The van der Waals surface area contributed by atoms with Gasteiger partial charge in [0.15, 0.2) is 0 Å². The first-order chi connectivity index (χ1) is 10.7. The molecule has 4 unspecified atom stereocenters. The van der Waals surface area contributed by atoms with Gasteiger partial charge in [-0.25, -0.2) is 0 Å². The minimum atomic E-state index is -0.301. The van der Waals surface area contributed by atoms with E-state index in [-0.39, 0.29) is 23.3 Å². The van der Waals surface area contributed by atoms with E-state index in [1.807, 2.05) is 0 Å². The predicted octanol–water partition coefficient (Wildman–Crippen LogP) is 2.38. The van der Waals surface area contributed by atoms with Crippen molar-refractivity contribution in [1.82, 2.24) is 10.6 Å². The third-order valence-electron chi connectivity index (χ3n) is 6.80. The molecule has 1 saturated heterocycles. The molecular weight excluding hydrogens is 276 g/mol. The third-order valence-corrected chi connectivity index (χ3v) is 6.80. The number of rotatable bonds is 2. The van der Waals surface area contributed by atoms with Crippen LogP contribution in [0, 0.1) is 23.2 Å². The van der Waals surface area contributed by atoms with Crippen LogP contribution in [-0.4, -0.2) is 24.4 Å². The molecule has 3 saturated carbocycles. The minimum absolute atomic E-state index is 0.0211. The molecule has 3 aliphatic carbocycles. The maximum atomic E-state index is 13.0. The lowest BCUT2D eigenvalue weighted by atomic mass is 9.69. The number of carbonyl (C=O) groups is 2. The second kappa shape index (κ2) is 5.54. The maximum absolute atomic E-state index is 13.0. The third kappa shape index (κ3) is 2.44. The standard InChI is InChI=1S/C18H28N2O2/c21-16-15(6-1-2-7-19-16)20-17(22)18-9-12-4-3-5-13(10-18)14(8-12)11-18/h12-15H,1-11H2,(H,19,21)(H,20,22)/t12?,13?,14?,15-,18?/m0/s1. The van der Waals surface area contributed by atoms with Crippen LogP contribution >= 0.6 is 0 Å². The fraction of sp³-hybridized carbons (Fsp3) is 0.889. The van der Waals surface area contributed by atoms with Gasteiger partial charge in [-0.05, 0) is 62.7 Å². The van der Waals surface area contributed by atoms with Crippen molar-refractivity contribution in [2.45, 2.75) is 70.3 Å². The van der Waals surface area contributed by atoms with Gasteiger partial charge in [-0.2, -0.15) is 0 Å². The highest BCUT2D eigenvalue weighted by molar-refractivity contribution is 5.90. The Morgan fingerprint density at radius 3 is 2.82 bits per heavy atom. The molecule has 22 heavy (non-hydrogen) atoms. The number of hydrogen-bond donors (Lipinski definition) is 2. The zero-order valence-electron chi connectivity index (χ0n) is 13.4. The Balaban J connectivity index is 1.49. The molecule has 4 nitrogen and oxygen atoms in total. The summed E-state index contributed by atoms with van der Waals surface area (Å²) in [6.45, 7) is 0.753. The molecule has 5 atom stereocenters. The van der Waals surface area contributed by atoms with Crippen molar-refractivity contribution in [3.63, 3.8) is 0 Å². The Morgan fingerprint density at radius 1 is 1.05 bits per heavy atom. The van der Waals surface area contributed by atoms with E-state index in [4.69, 9.17) is 0 Å². The number of amides is 2. The topological polar surface area (TPSA) is 58.2 Å². The van der Waals surface area contributed by atoms with Gasteiger partial charge in [0.05, 0.1) is 5.41 Å². The molecule has 4 rings (SSSR count). The smallest absolute Gasteiger partial charge is 0.242 e. The Hall–Kier alpha value is -1.06. The SMILES string of the molecule is O=C1NCCCC[C@@H]1NC(=O)C12CC3CCCC(C1)C(C3)C2. The fourth-order valence-electron chi connectivity index (χ4n) is 5.82. The van der Waals surface area contributed by atoms with Gasteiger partial charge in [0, 0.05) is 6.54 Å². The van der Waals surface area contributed by atoms with Crippen molar-refractivity contribution in [3.05, 3.63) is 0 Å². The lowest BCUT2D eigenvalue weighted by Crippen LogP contribution is -2.51. The monoisotopic (exact) mass is 304 g/mol. The first-order valence-corrected chi connectivity index (χ1v) is 9.25. The summed E-state index contributed by atoms with van der Waals surface area (Å²) < 4.78 is 0. The van der Waals surface area contributed by atoms with Gasteiger partial charge in [-0.1, -0.05) is 19.3 Å². The predicted molar refractivity (Wildman–Crippen MR) is 84.0 cm³/mol. The Morgan fingerprint density at radius 2 is 1.91 bits per heavy atom. The molecule has 1 aliphatic heterocycles. The van der Waals surface area contributed by atoms with Crippen LogP contribution < -0.4 is 10.6 Å². The van der Waals surface area contributed by atoms with E-state index >= 15 is 0 Å². The van der Waals surface area contributed by atoms with Crippen LogP contribution in [0.2, 0.25) is 0 Å². The van der Waals surface area contributed by atoms with E-state index in [1.165, 1.54) is 25.7 Å². The average molecular weight is 304 g/mol. The molecule has 1 heterocycles. The summed E-state index contributed by atoms with van der Waals surface area (Å²) in [5.41, 5.74) is -0.148. The Kier molecular flexibility index (Phi) is 3.66. The van der Waals surface area contributed by atoms with Gasteiger partial charge in [0.25, 0.3) is 0 Å². The van der Waals surface area contributed by atoms with Crippen molar-refractivity contribution in [2.75, 3.05) is 6.54 Å². The van der Waals surface area contributed by atoms with E-state index in [2.05, 4.69) is 10.6 Å². The van der Waals surface area contributed by atoms with Crippen LogP contribution in [0.3, 0.4) is 0 Å². The number of carbonyl (C=O) groups excluding carboxylic acids is 2. The van der Waals surface area contributed by atoms with Gasteiger partial charge in [-0.3, -0.25) is 9.59 Å². The maximum Gasteiger partial charge on any atom is 0.242 e. The highest BCUT2D eigenvalue weighted by atomic mass is 16.2. The van der Waals surface area contributed by atoms with E-state index in [9.17, 15) is 9.59 Å². The van der Waals surface area contributed by atoms with Crippen LogP contribution in [0.25, 0.3) is 0 Å². The highest BCUT2D eigenvalue weighted by Crippen LogP contribution is 2.60. The van der Waals surface area contributed by atoms with Crippen molar-refractivity contribution < 1.29 is 9.59 Å². The minimum Gasteiger partial charge on any atom is -0.354 e. The molecule has 0 aromatic heterocycles. The van der Waals surface area contributed by atoms with Crippen LogP contribution in [0.15, 0.2) is 0 Å². The molecule has 0 aromatic rings. The van der Waals surface area contributed by atoms with E-state index in [0.717, 1.165) is 62.8 Å². The fourth-order valence-corrected chi connectivity index (χ4v) is 5.82. The van der Waals surface area contributed by atoms with Crippen LogP contribution in [0.4, 0.5) is 0 Å². The number of hydrogen-bond acceptors (Lipinski definition) is 2. The molecule has 0 aromatic carbocycles. The molecule has 122 valence electrons. The first kappa shape index (κ1) is 14.5. The summed E-state index contributed by atoms with van der Waals surface area (Å²) in [5.74, 6) is 2.50. The summed E-state index contributed by atoms with van der Waals surface area (Å²) in [6, 6.07) is -0.301. The summed E-state index contributed by atoms with van der Waals surface area (Å²) in [6.07, 6.45) is 11.4. The van der Waals surface area contributed by atoms with Crippen LogP contribution in [-0.2, 0) is 9.59 Å². The molecule has 2 N–H and O–H groups in total. The first-order valence-electron chi connectivity index (χ1n) is 9.25. The van der Waals surface area contributed by atoms with Gasteiger partial charge < -0.3 is 10.6 Å². The lowest BCUT2D eigenvalue weighted by Gasteiger charge is -2.37. The molecule has 2 amide bonds. The molecule has 4 heteroatoms. The van der Waals surface area contributed by atoms with Crippen LogP contribution in [0.5, 0.6) is 0 Å². The van der Waals surface area contributed by atoms with Crippen LogP contribution in [0.1, 0.15) is 64.2 Å².